The first-order valence-corrected chi connectivity index (χ1v) is 8.09. The molecular formula is C19H22F2N2O3. The lowest BCUT2D eigenvalue weighted by molar-refractivity contribution is -0.119. The number of alkyl halides is 2. The molecule has 26 heavy (non-hydrogen) atoms. The summed E-state index contributed by atoms with van der Waals surface area (Å²) < 4.78 is 37.4. The van der Waals surface area contributed by atoms with Crippen LogP contribution in [0.15, 0.2) is 36.5 Å². The molecule has 1 heterocycles. The summed E-state index contributed by atoms with van der Waals surface area (Å²) in [6, 6.07) is 7.95. The molecule has 0 aliphatic rings. The van der Waals surface area contributed by atoms with Crippen molar-refractivity contribution in [1.82, 2.24) is 9.88 Å². The fourth-order valence-electron chi connectivity index (χ4n) is 2.52. The van der Waals surface area contributed by atoms with Gasteiger partial charge in [-0.15, -0.1) is 0 Å². The maximum atomic E-state index is 13.6. The van der Waals surface area contributed by atoms with Crippen molar-refractivity contribution in [3.8, 4) is 17.0 Å². The van der Waals surface area contributed by atoms with E-state index >= 15 is 0 Å². The molecule has 0 spiro atoms. The molecule has 0 aliphatic carbocycles. The third-order valence-corrected chi connectivity index (χ3v) is 3.93. The van der Waals surface area contributed by atoms with Gasteiger partial charge in [0.2, 0.25) is 12.3 Å². The van der Waals surface area contributed by atoms with E-state index in [-0.39, 0.29) is 12.1 Å². The Morgan fingerprint density at radius 1 is 1.23 bits per heavy atom. The molecule has 0 radical (unpaired) electrons. The van der Waals surface area contributed by atoms with E-state index in [1.807, 2.05) is 0 Å². The van der Waals surface area contributed by atoms with E-state index in [0.717, 1.165) is 13.3 Å². The van der Waals surface area contributed by atoms with Gasteiger partial charge in [0, 0.05) is 43.5 Å². The van der Waals surface area contributed by atoms with Crippen LogP contribution in [0.3, 0.4) is 0 Å². The summed E-state index contributed by atoms with van der Waals surface area (Å²) in [7, 11) is 3.05. The zero-order valence-corrected chi connectivity index (χ0v) is 15.0. The van der Waals surface area contributed by atoms with Gasteiger partial charge in [0.15, 0.2) is 0 Å². The van der Waals surface area contributed by atoms with Gasteiger partial charge in [-0.05, 0) is 17.7 Å². The van der Waals surface area contributed by atoms with Crippen molar-refractivity contribution in [2.24, 2.45) is 0 Å². The van der Waals surface area contributed by atoms with Crippen molar-refractivity contribution >= 4 is 6.41 Å². The highest BCUT2D eigenvalue weighted by atomic mass is 19.3. The molecule has 5 nitrogen and oxygen atoms in total. The number of pyridine rings is 1. The highest BCUT2D eigenvalue weighted by molar-refractivity contribution is 5.65. The SMILES string of the molecule is COCCN(C=O)Cc1cc(-c2cccc(C(C)(F)F)c2)cnc1OC. The van der Waals surface area contributed by atoms with Crippen LogP contribution in [-0.2, 0) is 22.0 Å². The van der Waals surface area contributed by atoms with E-state index in [2.05, 4.69) is 4.98 Å². The zero-order chi connectivity index (χ0) is 19.2. The fourth-order valence-corrected chi connectivity index (χ4v) is 2.52. The summed E-state index contributed by atoms with van der Waals surface area (Å²) >= 11 is 0. The van der Waals surface area contributed by atoms with Crippen molar-refractivity contribution < 1.29 is 23.0 Å². The maximum Gasteiger partial charge on any atom is 0.270 e. The van der Waals surface area contributed by atoms with Crippen LogP contribution < -0.4 is 4.74 Å². The van der Waals surface area contributed by atoms with Gasteiger partial charge >= 0.3 is 0 Å². The van der Waals surface area contributed by atoms with Gasteiger partial charge in [-0.1, -0.05) is 18.2 Å². The van der Waals surface area contributed by atoms with Crippen molar-refractivity contribution in [3.63, 3.8) is 0 Å². The third-order valence-electron chi connectivity index (χ3n) is 3.93. The topological polar surface area (TPSA) is 51.7 Å². The Labute approximate surface area is 151 Å². The molecule has 0 atom stereocenters. The molecule has 1 aromatic heterocycles. The normalized spacial score (nSPS) is 11.3. The van der Waals surface area contributed by atoms with Crippen LogP contribution in [0.1, 0.15) is 18.1 Å². The minimum atomic E-state index is -2.92. The Kier molecular flexibility index (Phi) is 6.63. The van der Waals surface area contributed by atoms with Crippen LogP contribution in [0.4, 0.5) is 8.78 Å². The van der Waals surface area contributed by atoms with Gasteiger partial charge in [-0.2, -0.15) is 0 Å². The zero-order valence-electron chi connectivity index (χ0n) is 15.0. The largest absolute Gasteiger partial charge is 0.481 e. The highest BCUT2D eigenvalue weighted by Crippen LogP contribution is 2.31. The number of benzene rings is 1. The number of nitrogens with zero attached hydrogens (tertiary/aromatic N) is 2. The van der Waals surface area contributed by atoms with Crippen LogP contribution in [0.2, 0.25) is 0 Å². The van der Waals surface area contributed by atoms with Gasteiger partial charge in [0.25, 0.3) is 5.92 Å². The minimum absolute atomic E-state index is 0.0676. The first kappa shape index (κ1) is 19.8. The van der Waals surface area contributed by atoms with Gasteiger partial charge in [0.05, 0.1) is 20.3 Å². The van der Waals surface area contributed by atoms with Crippen LogP contribution in [-0.4, -0.2) is 43.7 Å². The van der Waals surface area contributed by atoms with Crippen LogP contribution in [0.5, 0.6) is 5.88 Å². The number of hydrogen-bond donors (Lipinski definition) is 0. The summed E-state index contributed by atoms with van der Waals surface area (Å²) in [5, 5.41) is 0. The number of carbonyl (C=O) groups is 1. The van der Waals surface area contributed by atoms with Crippen molar-refractivity contribution in [2.45, 2.75) is 19.4 Å². The average molecular weight is 364 g/mol. The van der Waals surface area contributed by atoms with Gasteiger partial charge < -0.3 is 14.4 Å². The first-order chi connectivity index (χ1) is 12.4. The molecule has 0 N–H and O–H groups in total. The highest BCUT2D eigenvalue weighted by Gasteiger charge is 2.24. The quantitative estimate of drug-likeness (QED) is 0.640. The molecule has 0 saturated heterocycles. The van der Waals surface area contributed by atoms with Gasteiger partial charge in [0.1, 0.15) is 0 Å². The van der Waals surface area contributed by atoms with E-state index < -0.39 is 5.92 Å². The molecule has 7 heteroatoms. The van der Waals surface area contributed by atoms with E-state index in [9.17, 15) is 13.6 Å². The second kappa shape index (κ2) is 8.71. The number of amides is 1. The number of ether oxygens (including phenoxy) is 2. The Balaban J connectivity index is 2.36. The first-order valence-electron chi connectivity index (χ1n) is 8.09. The summed E-state index contributed by atoms with van der Waals surface area (Å²) in [6.45, 7) is 1.97. The second-order valence-corrected chi connectivity index (χ2v) is 5.93. The molecule has 140 valence electrons. The third kappa shape index (κ3) is 4.98. The molecule has 1 aromatic carbocycles. The molecule has 1 amide bonds. The van der Waals surface area contributed by atoms with Crippen LogP contribution >= 0.6 is 0 Å². The van der Waals surface area contributed by atoms with Gasteiger partial charge in [-0.25, -0.2) is 13.8 Å². The molecule has 0 unspecified atom stereocenters. The Bertz CT molecular complexity index is 748. The summed E-state index contributed by atoms with van der Waals surface area (Å²) in [5.41, 5.74) is 1.91. The van der Waals surface area contributed by atoms with E-state index in [0.29, 0.717) is 35.7 Å². The lowest BCUT2D eigenvalue weighted by atomic mass is 10.0. The van der Waals surface area contributed by atoms with Crippen molar-refractivity contribution in [2.75, 3.05) is 27.4 Å². The minimum Gasteiger partial charge on any atom is -0.481 e. The summed E-state index contributed by atoms with van der Waals surface area (Å²) in [6.07, 6.45) is 2.29. The number of methoxy groups -OCH3 is 2. The van der Waals surface area contributed by atoms with Crippen molar-refractivity contribution in [1.29, 1.82) is 0 Å². The molecule has 0 fully saturated rings. The predicted molar refractivity (Wildman–Crippen MR) is 94.1 cm³/mol. The van der Waals surface area contributed by atoms with Crippen LogP contribution in [0.25, 0.3) is 11.1 Å². The fraction of sp³-hybridized carbons (Fsp3) is 0.368. The Morgan fingerprint density at radius 2 is 2.00 bits per heavy atom. The lowest BCUT2D eigenvalue weighted by Crippen LogP contribution is -2.25. The molecule has 0 saturated carbocycles. The Morgan fingerprint density at radius 3 is 2.62 bits per heavy atom. The van der Waals surface area contributed by atoms with Crippen LogP contribution in [0, 0.1) is 0 Å². The van der Waals surface area contributed by atoms with E-state index in [1.165, 1.54) is 24.1 Å². The summed E-state index contributed by atoms with van der Waals surface area (Å²) in [5.74, 6) is -2.54. The number of aromatic nitrogens is 1. The lowest BCUT2D eigenvalue weighted by Gasteiger charge is -2.19. The predicted octanol–water partition coefficient (Wildman–Crippen LogP) is 3.47. The summed E-state index contributed by atoms with van der Waals surface area (Å²) in [4.78, 5) is 17.0. The number of carbonyl (C=O) groups excluding carboxylic acids is 1. The molecule has 2 aromatic rings. The van der Waals surface area contributed by atoms with Gasteiger partial charge in [-0.3, -0.25) is 4.79 Å². The smallest absolute Gasteiger partial charge is 0.270 e. The number of halogens is 2. The van der Waals surface area contributed by atoms with E-state index in [1.54, 1.807) is 31.5 Å². The second-order valence-electron chi connectivity index (χ2n) is 5.93. The molecule has 2 rings (SSSR count). The maximum absolute atomic E-state index is 13.6. The molecule has 0 bridgehead atoms. The number of rotatable bonds is 9. The average Bonchev–Trinajstić information content (AvgIpc) is 2.64. The monoisotopic (exact) mass is 364 g/mol. The van der Waals surface area contributed by atoms with Crippen molar-refractivity contribution in [3.05, 3.63) is 47.7 Å². The Hall–Kier alpha value is -2.54. The number of hydrogen-bond acceptors (Lipinski definition) is 4. The van der Waals surface area contributed by atoms with E-state index in [4.69, 9.17) is 9.47 Å². The molecular weight excluding hydrogens is 342 g/mol. The molecule has 0 aliphatic heterocycles. The standard InChI is InChI=1S/C19H22F2N2O3/c1-19(20,21)17-6-4-5-14(10-17)15-9-16(18(26-3)22-11-15)12-23(13-24)7-8-25-2/h4-6,9-11,13H,7-8,12H2,1-3H3.